The molecule has 8 aliphatic heterocycles. The van der Waals surface area contributed by atoms with Crippen molar-refractivity contribution in [1.82, 2.24) is 19.6 Å². The molecule has 12 rings (SSSR count). The molecule has 0 radical (unpaired) electrons. The number of ether oxygens (including phenoxy) is 12. The number of carbonyl (C=O) groups is 4. The maximum absolute atomic E-state index is 13.1. The monoisotopic (exact) mass is 1720 g/mol. The van der Waals surface area contributed by atoms with E-state index in [1.165, 1.54) is 48.0 Å². The molecule has 24 nitrogen and oxygen atoms in total. The predicted octanol–water partition coefficient (Wildman–Crippen LogP) is 14.3. The number of piperidine rings is 4. The van der Waals surface area contributed by atoms with E-state index >= 15 is 0 Å². The van der Waals surface area contributed by atoms with Crippen molar-refractivity contribution in [1.29, 1.82) is 0 Å². The van der Waals surface area contributed by atoms with Crippen molar-refractivity contribution in [2.45, 2.75) is 260 Å². The molecule has 0 amide bonds. The third-order valence-electron chi connectivity index (χ3n) is 21.7. The van der Waals surface area contributed by atoms with Gasteiger partial charge in [-0.3, -0.25) is 38.8 Å². The third kappa shape index (κ3) is 23.8. The van der Waals surface area contributed by atoms with E-state index in [-0.39, 0.29) is 132 Å². The number of fused-ring (bicyclic) bond motifs is 12. The Hall–Kier alpha value is -7.16. The zero-order valence-corrected chi connectivity index (χ0v) is 71.9. The van der Waals surface area contributed by atoms with Crippen molar-refractivity contribution in [3.8, 4) is 46.0 Å². The van der Waals surface area contributed by atoms with Gasteiger partial charge >= 0.3 is 23.9 Å². The highest BCUT2D eigenvalue weighted by molar-refractivity contribution is 5.77. The summed E-state index contributed by atoms with van der Waals surface area (Å²) in [5.74, 6) is -25.9. The van der Waals surface area contributed by atoms with Crippen LogP contribution in [0.3, 0.4) is 0 Å². The fourth-order valence-corrected chi connectivity index (χ4v) is 14.8. The van der Waals surface area contributed by atoms with E-state index in [9.17, 15) is 30.1 Å². The Morgan fingerprint density at radius 3 is 0.725 bits per heavy atom. The topological polar surface area (TPSA) is 296 Å². The zero-order valence-electron chi connectivity index (χ0n) is 118. The molecular formula is C96H152N8O16. The van der Waals surface area contributed by atoms with Crippen molar-refractivity contribution >= 4 is 23.9 Å². The number of hydrogen-bond acceptors (Lipinski definition) is 24. The van der Waals surface area contributed by atoms with E-state index < -0.39 is 333 Å². The van der Waals surface area contributed by atoms with Crippen LogP contribution in [0.25, 0.3) is 0 Å². The average Bonchev–Trinajstić information content (AvgIpc) is 0.707. The summed E-state index contributed by atoms with van der Waals surface area (Å²) in [5, 5.41) is 0. The van der Waals surface area contributed by atoms with E-state index in [0.29, 0.717) is 11.1 Å². The summed E-state index contributed by atoms with van der Waals surface area (Å²) in [6.07, 6.45) is -25.0. The quantitative estimate of drug-likeness (QED) is 0.0303. The van der Waals surface area contributed by atoms with Gasteiger partial charge in [0.05, 0.1) is 86.9 Å². The summed E-state index contributed by atoms with van der Waals surface area (Å²) in [6.45, 7) is 2.35. The number of carbonyl (C=O) groups excluding carboxylic acids is 4. The molecule has 8 heterocycles. The summed E-state index contributed by atoms with van der Waals surface area (Å²) in [7, 11) is 1.52. The summed E-state index contributed by atoms with van der Waals surface area (Å²) in [4.78, 5) is 58.1. The third-order valence-corrected chi connectivity index (χ3v) is 21.7. The van der Waals surface area contributed by atoms with Gasteiger partial charge in [-0.15, -0.1) is 0 Å². The molecule has 120 heavy (non-hydrogen) atoms. The lowest BCUT2D eigenvalue weighted by molar-refractivity contribution is -0.161. The smallest absolute Gasteiger partial charge is 0.323 e. The second-order valence-electron chi connectivity index (χ2n) is 31.7. The van der Waals surface area contributed by atoms with Gasteiger partial charge in [0.25, 0.3) is 0 Å². The van der Waals surface area contributed by atoms with Crippen LogP contribution in [0.4, 0.5) is 0 Å². The average molecular weight is 1720 g/mol. The Bertz CT molecular complexity index is 5930. The van der Waals surface area contributed by atoms with Crippen molar-refractivity contribution in [3.05, 3.63) is 92.8 Å². The number of esters is 4. The molecule has 4 aromatic carbocycles. The number of nitrogens with two attached hydrogens (primary N) is 4. The SMILES string of the molecule is [2H]c1c2c(c([2H])c(OC)c1OC([2H])([2H])[2H])C1([2H])CC([2H])(OC(=O)[C@@H](N)C(C)C)C(C([2H])([2H])C([2H])(C)C([2H])([2H])[2H])CN1CC2.[2H]c1c2c(c([2H])c(OC)c1OC([2H])([2H])[2H])C1([2H])CC([2H])(OC(=O)[C@@H](N)C(C)C)C(C([2H])([2H])C([2H])(C)C([2H])([2H])[2H])CN1CC2.[2H]c1c2c(c([2H])c(OC)c1OC)C1([2H])CC([2H])(OC(=O)[C@@H](N)C(C)C)C(C([2H])([2H])C([2H])(C)C([2H])([2H])[2H])CN1CC2.[2H]c1c2c(c([2H])c(OC)c1OC)C1([2H])CC([2H])(OC(=O)[C@@H](N)C(C)C)C(C([2H])([2H])C([2H])(C)C([2H])([2H])[2H])CN1CC2. The van der Waals surface area contributed by atoms with Crippen LogP contribution >= 0.6 is 0 Å². The maximum atomic E-state index is 13.1. The second kappa shape index (κ2) is 43.9. The van der Waals surface area contributed by atoms with Gasteiger partial charge in [0.1, 0.15) is 48.5 Å². The first-order chi connectivity index (χ1) is 74.8. The van der Waals surface area contributed by atoms with Gasteiger partial charge in [0.15, 0.2) is 46.0 Å². The number of hydrogen-bond donors (Lipinski definition) is 4. The highest BCUT2D eigenvalue weighted by atomic mass is 16.6. The summed E-state index contributed by atoms with van der Waals surface area (Å²) >= 11 is 0. The number of methoxy groups -OCH3 is 8. The molecule has 8 N–H and O–H groups in total. The normalized spacial score (nSPS) is 38.5. The standard InChI is InChI=1S/4C24H38N2O4/c4*1-14(2)9-17-13-26-8-7-16-10-21(28-5)22(29-6)11-18(16)19(26)12-20(17)30-24(27)23(25)15(3)4/h4*10-11,14-15,17,19-20,23H,7-9,12-13,25H2,1-6H3/t4*17?,19?,20?,23-/m0000/s1/i2*1D3,5D3,9D2,10D,11D,14D,19D,20D;2*1D3,9D2,10D,11D,14D,19D,20D/t4*14?,17?,19?,20?,23-. The zero-order chi connectivity index (χ0) is 128. The Morgan fingerprint density at radius 2 is 0.550 bits per heavy atom. The summed E-state index contributed by atoms with van der Waals surface area (Å²) in [5.41, 5.74) is 24.4. The molecule has 672 valence electrons. The minimum atomic E-state index is -3.15. The summed E-state index contributed by atoms with van der Waals surface area (Å²) in [6, 6.07) is -15.6. The van der Waals surface area contributed by atoms with Crippen molar-refractivity contribution in [2.24, 2.45) is 93.9 Å². The van der Waals surface area contributed by atoms with Gasteiger partial charge in [-0.25, -0.2) is 0 Å². The Morgan fingerprint density at radius 1 is 0.358 bits per heavy atom. The first-order valence-corrected chi connectivity index (χ1v) is 40.0. The maximum Gasteiger partial charge on any atom is 0.323 e. The molecule has 0 bridgehead atoms. The lowest BCUT2D eigenvalue weighted by Crippen LogP contribution is -2.51. The molecule has 16 unspecified atom stereocenters. The molecule has 4 fully saturated rings. The van der Waals surface area contributed by atoms with E-state index in [0.717, 1.165) is 41.9 Å². The van der Waals surface area contributed by atoms with E-state index in [2.05, 4.69) is 0 Å². The van der Waals surface area contributed by atoms with Gasteiger partial charge < -0.3 is 79.8 Å². The molecule has 4 saturated heterocycles. The van der Waals surface area contributed by atoms with E-state index in [4.69, 9.17) is 132 Å². The van der Waals surface area contributed by atoms with Crippen LogP contribution in [0.15, 0.2) is 48.3 Å². The Balaban J connectivity index is 0.000000243. The molecule has 8 aliphatic rings. The van der Waals surface area contributed by atoms with Crippen LogP contribution < -0.4 is 60.8 Å². The van der Waals surface area contributed by atoms with Gasteiger partial charge in [-0.2, -0.15) is 0 Å². The number of nitrogens with zero attached hydrogens (tertiary/aromatic N) is 4. The molecule has 4 aromatic rings. The minimum Gasteiger partial charge on any atom is -0.493 e. The molecular weight excluding hydrogens is 1520 g/mol. The first kappa shape index (κ1) is 50.7. The molecule has 0 aromatic heterocycles. The van der Waals surface area contributed by atoms with Crippen LogP contribution in [-0.4, -0.2) is 201 Å². The van der Waals surface area contributed by atoms with Gasteiger partial charge in [0, 0.05) is 159 Å². The summed E-state index contributed by atoms with van der Waals surface area (Å²) < 4.78 is 454. The van der Waals surface area contributed by atoms with Crippen LogP contribution in [0, 0.1) is 70.9 Å². The van der Waals surface area contributed by atoms with Gasteiger partial charge in [-0.05, 0) is 191 Å². The van der Waals surface area contributed by atoms with Crippen LogP contribution in [-0.2, 0) is 63.8 Å². The van der Waals surface area contributed by atoms with Crippen LogP contribution in [0.2, 0.25) is 0 Å². The van der Waals surface area contributed by atoms with E-state index in [1.807, 2.05) is 0 Å². The molecule has 0 aliphatic carbocycles. The van der Waals surface area contributed by atoms with Crippen LogP contribution in [0.5, 0.6) is 46.0 Å². The fraction of sp³-hybridized carbons (Fsp3) is 0.708. The highest BCUT2D eigenvalue weighted by Gasteiger charge is 2.47. The van der Waals surface area contributed by atoms with Crippen molar-refractivity contribution < 1.29 is 139 Å². The predicted molar refractivity (Wildman–Crippen MR) is 471 cm³/mol. The Kier molecular flexibility index (Phi) is 18.6. The highest BCUT2D eigenvalue weighted by Crippen LogP contribution is 2.50. The van der Waals surface area contributed by atoms with Gasteiger partial charge in [0.2, 0.25) is 0 Å². The lowest BCUT2D eigenvalue weighted by atomic mass is 9.79. The first-order valence-electron chi connectivity index (χ1n) is 63.0. The van der Waals surface area contributed by atoms with Gasteiger partial charge in [-0.1, -0.05) is 110 Å². The number of rotatable bonds is 28. The van der Waals surface area contributed by atoms with Crippen molar-refractivity contribution in [2.75, 3.05) is 109 Å². The largest absolute Gasteiger partial charge is 0.493 e. The second-order valence-corrected chi connectivity index (χ2v) is 31.7. The molecule has 0 saturated carbocycles. The van der Waals surface area contributed by atoms with Crippen LogP contribution in [0.1, 0.15) is 293 Å². The molecule has 20 atom stereocenters. The lowest BCUT2D eigenvalue weighted by Gasteiger charge is -2.47. The minimum absolute atomic E-state index is 0.0157. The number of benzene rings is 4. The fourth-order valence-electron chi connectivity index (χ4n) is 14.8. The van der Waals surface area contributed by atoms with E-state index in [1.54, 1.807) is 55.4 Å². The molecule has 0 spiro atoms. The van der Waals surface area contributed by atoms with Crippen molar-refractivity contribution in [3.63, 3.8) is 0 Å². The molecule has 24 heteroatoms. The Labute approximate surface area is 783 Å².